The van der Waals surface area contributed by atoms with Crippen LogP contribution in [-0.2, 0) is 6.42 Å². The van der Waals surface area contributed by atoms with Gasteiger partial charge >= 0.3 is 0 Å². The lowest BCUT2D eigenvalue weighted by molar-refractivity contribution is 0.102. The van der Waals surface area contributed by atoms with Gasteiger partial charge in [-0.15, -0.1) is 0 Å². The van der Waals surface area contributed by atoms with Gasteiger partial charge in [-0.2, -0.15) is 0 Å². The summed E-state index contributed by atoms with van der Waals surface area (Å²) < 4.78 is 0. The molecule has 4 rings (SSSR count). The molecular formula is C23H23N3O. The second kappa shape index (κ2) is 6.88. The fraction of sp³-hybridized carbons (Fsp3) is 0.217. The summed E-state index contributed by atoms with van der Waals surface area (Å²) in [6.45, 7) is 6.20. The number of carbonyl (C=O) groups is 1. The molecule has 1 aliphatic heterocycles. The Morgan fingerprint density at radius 3 is 2.59 bits per heavy atom. The van der Waals surface area contributed by atoms with Crippen LogP contribution in [0.3, 0.4) is 0 Å². The van der Waals surface area contributed by atoms with E-state index in [1.54, 1.807) is 6.20 Å². The van der Waals surface area contributed by atoms with E-state index in [-0.39, 0.29) is 5.91 Å². The number of nitrogens with zero attached hydrogens (tertiary/aromatic N) is 2. The summed E-state index contributed by atoms with van der Waals surface area (Å²) in [6, 6.07) is 16.7. The second-order valence-corrected chi connectivity index (χ2v) is 7.20. The Labute approximate surface area is 159 Å². The Hall–Kier alpha value is -3.14. The van der Waals surface area contributed by atoms with E-state index in [0.29, 0.717) is 11.6 Å². The van der Waals surface area contributed by atoms with E-state index >= 15 is 0 Å². The number of rotatable bonds is 3. The van der Waals surface area contributed by atoms with Gasteiger partial charge in [-0.25, -0.2) is 0 Å². The lowest BCUT2D eigenvalue weighted by Gasteiger charge is -2.25. The second-order valence-electron chi connectivity index (χ2n) is 7.20. The molecule has 0 saturated heterocycles. The van der Waals surface area contributed by atoms with Crippen molar-refractivity contribution in [2.75, 3.05) is 10.2 Å². The molecule has 1 atom stereocenters. The monoisotopic (exact) mass is 357 g/mol. The van der Waals surface area contributed by atoms with Crippen molar-refractivity contribution in [2.24, 2.45) is 0 Å². The first kappa shape index (κ1) is 17.3. The van der Waals surface area contributed by atoms with Crippen molar-refractivity contribution in [3.05, 3.63) is 83.2 Å². The number of benzene rings is 2. The third-order valence-corrected chi connectivity index (χ3v) is 5.19. The normalized spacial score (nSPS) is 15.5. The Bertz CT molecular complexity index is 992. The molecule has 1 aromatic heterocycles. The van der Waals surface area contributed by atoms with Gasteiger partial charge < -0.3 is 10.2 Å². The molecule has 0 radical (unpaired) electrons. The smallest absolute Gasteiger partial charge is 0.257 e. The van der Waals surface area contributed by atoms with Crippen LogP contribution in [-0.4, -0.2) is 16.9 Å². The maximum absolute atomic E-state index is 12.8. The summed E-state index contributed by atoms with van der Waals surface area (Å²) in [4.78, 5) is 19.4. The van der Waals surface area contributed by atoms with Gasteiger partial charge in [-0.1, -0.05) is 36.4 Å². The zero-order chi connectivity index (χ0) is 19.0. The zero-order valence-electron chi connectivity index (χ0n) is 15.9. The summed E-state index contributed by atoms with van der Waals surface area (Å²) in [5.74, 6) is -0.137. The first-order valence-electron chi connectivity index (χ1n) is 9.24. The topological polar surface area (TPSA) is 45.2 Å². The highest BCUT2D eigenvalue weighted by Crippen LogP contribution is 2.38. The van der Waals surface area contributed by atoms with E-state index < -0.39 is 0 Å². The predicted octanol–water partition coefficient (Wildman–Crippen LogP) is 5.03. The Morgan fingerprint density at radius 2 is 1.81 bits per heavy atom. The van der Waals surface area contributed by atoms with Crippen LogP contribution in [0, 0.1) is 13.8 Å². The number of pyridine rings is 1. The highest BCUT2D eigenvalue weighted by Gasteiger charge is 2.27. The molecule has 2 heterocycles. The predicted molar refractivity (Wildman–Crippen MR) is 110 cm³/mol. The van der Waals surface area contributed by atoms with E-state index in [1.165, 1.54) is 11.3 Å². The minimum Gasteiger partial charge on any atom is -0.337 e. The highest BCUT2D eigenvalue weighted by molar-refractivity contribution is 6.05. The molecule has 0 fully saturated rings. The molecule has 0 spiro atoms. The van der Waals surface area contributed by atoms with Crippen molar-refractivity contribution >= 4 is 23.0 Å². The molecule has 2 aromatic carbocycles. The number of fused-ring (bicyclic) bond motifs is 1. The van der Waals surface area contributed by atoms with Gasteiger partial charge in [0.05, 0.1) is 17.4 Å². The SMILES string of the molecule is Cc1cccc(C)c1NC(=O)c1cncc(N2c3ccccc3CC2C)c1. The fourth-order valence-corrected chi connectivity index (χ4v) is 3.84. The largest absolute Gasteiger partial charge is 0.337 e. The van der Waals surface area contributed by atoms with E-state index in [2.05, 4.69) is 46.4 Å². The molecule has 0 aliphatic carbocycles. The maximum atomic E-state index is 12.8. The van der Waals surface area contributed by atoms with E-state index in [0.717, 1.165) is 28.9 Å². The first-order chi connectivity index (χ1) is 13.0. The molecule has 1 aliphatic rings. The quantitative estimate of drug-likeness (QED) is 0.715. The highest BCUT2D eigenvalue weighted by atomic mass is 16.1. The minimum atomic E-state index is -0.137. The van der Waals surface area contributed by atoms with E-state index in [1.807, 2.05) is 44.3 Å². The van der Waals surface area contributed by atoms with Crippen molar-refractivity contribution in [3.63, 3.8) is 0 Å². The Balaban J connectivity index is 1.64. The van der Waals surface area contributed by atoms with Crippen LogP contribution >= 0.6 is 0 Å². The van der Waals surface area contributed by atoms with Crippen molar-refractivity contribution in [1.82, 2.24) is 4.98 Å². The number of anilines is 3. The number of hydrogen-bond acceptors (Lipinski definition) is 3. The number of carbonyl (C=O) groups excluding carboxylic acids is 1. The molecule has 4 nitrogen and oxygen atoms in total. The summed E-state index contributed by atoms with van der Waals surface area (Å²) in [6.07, 6.45) is 4.45. The molecule has 3 aromatic rings. The number of hydrogen-bond donors (Lipinski definition) is 1. The van der Waals surface area contributed by atoms with Crippen molar-refractivity contribution in [2.45, 2.75) is 33.2 Å². The van der Waals surface area contributed by atoms with Crippen LogP contribution in [0.4, 0.5) is 17.1 Å². The van der Waals surface area contributed by atoms with Crippen LogP contribution in [0.2, 0.25) is 0 Å². The van der Waals surface area contributed by atoms with Gasteiger partial charge in [0.15, 0.2) is 0 Å². The number of aromatic nitrogens is 1. The van der Waals surface area contributed by atoms with Crippen molar-refractivity contribution < 1.29 is 4.79 Å². The summed E-state index contributed by atoms with van der Waals surface area (Å²) >= 11 is 0. The third kappa shape index (κ3) is 3.19. The molecule has 0 saturated carbocycles. The number of aryl methyl sites for hydroxylation is 2. The standard InChI is InChI=1S/C23H23N3O/c1-15-7-6-8-16(2)22(15)25-23(27)19-12-20(14-24-13-19)26-17(3)11-18-9-4-5-10-21(18)26/h4-10,12-14,17H,11H2,1-3H3,(H,25,27). The van der Waals surface area contributed by atoms with Gasteiger partial charge in [0.25, 0.3) is 5.91 Å². The average molecular weight is 357 g/mol. The summed E-state index contributed by atoms with van der Waals surface area (Å²) in [5.41, 5.74) is 7.00. The summed E-state index contributed by atoms with van der Waals surface area (Å²) in [7, 11) is 0. The van der Waals surface area contributed by atoms with Crippen molar-refractivity contribution in [3.8, 4) is 0 Å². The molecule has 1 amide bonds. The van der Waals surface area contributed by atoms with Crippen LogP contribution < -0.4 is 10.2 Å². The third-order valence-electron chi connectivity index (χ3n) is 5.19. The molecule has 136 valence electrons. The van der Waals surface area contributed by atoms with Crippen LogP contribution in [0.15, 0.2) is 60.9 Å². The zero-order valence-corrected chi connectivity index (χ0v) is 15.9. The lowest BCUT2D eigenvalue weighted by Crippen LogP contribution is -2.24. The van der Waals surface area contributed by atoms with Crippen LogP contribution in [0.25, 0.3) is 0 Å². The Kier molecular flexibility index (Phi) is 4.40. The van der Waals surface area contributed by atoms with E-state index in [4.69, 9.17) is 0 Å². The number of nitrogens with one attached hydrogen (secondary N) is 1. The number of para-hydroxylation sites is 2. The van der Waals surface area contributed by atoms with E-state index in [9.17, 15) is 4.79 Å². The first-order valence-corrected chi connectivity index (χ1v) is 9.24. The van der Waals surface area contributed by atoms with Crippen molar-refractivity contribution in [1.29, 1.82) is 0 Å². The molecule has 1 N–H and O–H groups in total. The van der Waals surface area contributed by atoms with Gasteiger partial charge in [0.1, 0.15) is 0 Å². The van der Waals surface area contributed by atoms with Crippen LogP contribution in [0.5, 0.6) is 0 Å². The molecular weight excluding hydrogens is 334 g/mol. The van der Waals surface area contributed by atoms with Crippen LogP contribution in [0.1, 0.15) is 34.0 Å². The van der Waals surface area contributed by atoms with Gasteiger partial charge in [0, 0.05) is 23.6 Å². The lowest BCUT2D eigenvalue weighted by atomic mass is 10.1. The summed E-state index contributed by atoms with van der Waals surface area (Å²) in [5, 5.41) is 3.05. The van der Waals surface area contributed by atoms with Gasteiger partial charge in [-0.3, -0.25) is 9.78 Å². The maximum Gasteiger partial charge on any atom is 0.257 e. The molecule has 1 unspecified atom stereocenters. The fourth-order valence-electron chi connectivity index (χ4n) is 3.84. The molecule has 0 bridgehead atoms. The number of amides is 1. The minimum absolute atomic E-state index is 0.137. The molecule has 4 heteroatoms. The Morgan fingerprint density at radius 1 is 1.07 bits per heavy atom. The van der Waals surface area contributed by atoms with Gasteiger partial charge in [-0.05, 0) is 56.0 Å². The molecule has 27 heavy (non-hydrogen) atoms. The average Bonchev–Trinajstić information content (AvgIpc) is 3.00. The van der Waals surface area contributed by atoms with Gasteiger partial charge in [0.2, 0.25) is 0 Å².